The van der Waals surface area contributed by atoms with E-state index < -0.39 is 0 Å². The van der Waals surface area contributed by atoms with Gasteiger partial charge >= 0.3 is 0 Å². The van der Waals surface area contributed by atoms with Gasteiger partial charge in [-0.25, -0.2) is 0 Å². The van der Waals surface area contributed by atoms with Crippen LogP contribution in [0.15, 0.2) is 18.2 Å². The van der Waals surface area contributed by atoms with E-state index in [1.807, 2.05) is 6.08 Å². The molecule has 0 saturated heterocycles. The van der Waals surface area contributed by atoms with Crippen molar-refractivity contribution in [2.45, 2.75) is 232 Å². The average molecular weight is 558 g/mol. The van der Waals surface area contributed by atoms with Gasteiger partial charge in [-0.1, -0.05) is 244 Å². The normalized spacial score (nSPS) is 11.6. The molecule has 0 saturated carbocycles. The Hall–Kier alpha value is -0.520. The molecule has 0 nitrogen and oxygen atoms in total. The summed E-state index contributed by atoms with van der Waals surface area (Å²) < 4.78 is 0. The van der Waals surface area contributed by atoms with Crippen molar-refractivity contribution in [3.8, 4) is 0 Å². The Morgan fingerprint density at radius 3 is 0.700 bits per heavy atom. The Balaban J connectivity index is 3.03. The Kier molecular flexibility index (Phi) is 38.0. The minimum absolute atomic E-state index is 1.19. The summed E-state index contributed by atoms with van der Waals surface area (Å²) in [6.07, 6.45) is 56.9. The van der Waals surface area contributed by atoms with Crippen LogP contribution in [0.3, 0.4) is 0 Å². The van der Waals surface area contributed by atoms with E-state index in [0.29, 0.717) is 0 Å². The smallest absolute Gasteiger partial charge is 0.0348 e. The van der Waals surface area contributed by atoms with Gasteiger partial charge in [0.05, 0.1) is 0 Å². The second kappa shape index (κ2) is 38.5. The highest BCUT2D eigenvalue weighted by atomic mass is 14.0. The molecule has 0 unspecified atom stereocenters. The fourth-order valence-electron chi connectivity index (χ4n) is 6.17. The third-order valence-electron chi connectivity index (χ3n) is 8.97. The minimum atomic E-state index is 1.19. The van der Waals surface area contributed by atoms with Crippen molar-refractivity contribution in [2.24, 2.45) is 0 Å². The van der Waals surface area contributed by atoms with Crippen molar-refractivity contribution in [3.63, 3.8) is 0 Å². The van der Waals surface area contributed by atoms with E-state index in [1.54, 1.807) is 6.08 Å². The number of unbranched alkanes of at least 4 members (excludes halogenated alkanes) is 34. The van der Waals surface area contributed by atoms with Gasteiger partial charge in [-0.15, -0.1) is 0 Å². The van der Waals surface area contributed by atoms with Gasteiger partial charge in [-0.2, -0.15) is 0 Å². The second-order valence-electron chi connectivity index (χ2n) is 13.1. The van der Waals surface area contributed by atoms with E-state index in [0.717, 1.165) is 0 Å². The van der Waals surface area contributed by atoms with Crippen LogP contribution in [0.5, 0.6) is 0 Å². The lowest BCUT2D eigenvalue weighted by Gasteiger charge is -2.05. The van der Waals surface area contributed by atoms with E-state index in [2.05, 4.69) is 13.0 Å². The molecule has 0 aliphatic carbocycles. The van der Waals surface area contributed by atoms with Crippen molar-refractivity contribution in [3.05, 3.63) is 24.8 Å². The van der Waals surface area contributed by atoms with Crippen LogP contribution in [0.25, 0.3) is 0 Å². The van der Waals surface area contributed by atoms with Crippen LogP contribution in [0.1, 0.15) is 232 Å². The topological polar surface area (TPSA) is 0 Å². The number of hydrogen-bond acceptors (Lipinski definition) is 0. The predicted molar refractivity (Wildman–Crippen MR) is 185 cm³/mol. The van der Waals surface area contributed by atoms with Crippen LogP contribution >= 0.6 is 0 Å². The molecule has 237 valence electrons. The van der Waals surface area contributed by atoms with Gasteiger partial charge in [0.1, 0.15) is 0 Å². The Morgan fingerprint density at radius 1 is 0.300 bits per heavy atom. The Bertz CT molecular complexity index is 461. The van der Waals surface area contributed by atoms with E-state index in [9.17, 15) is 0 Å². The standard InChI is InChI=1S/C40H77/c1-3-5-7-9-11-13-15-17-19-21-23-25-27-29-31-33-35-37-39-40-38-36-34-32-30-28-26-24-22-20-18-16-14-12-10-8-6-4-2/h1,3,5,7H,4,6,8-40H2,2H3/b3-1?,7-5+. The van der Waals surface area contributed by atoms with Crippen molar-refractivity contribution in [2.75, 3.05) is 0 Å². The fourth-order valence-corrected chi connectivity index (χ4v) is 6.17. The molecular weight excluding hydrogens is 480 g/mol. The summed E-state index contributed by atoms with van der Waals surface area (Å²) in [4.78, 5) is 0. The molecule has 0 heteroatoms. The number of allylic oxidation sites excluding steroid dienone is 3. The highest BCUT2D eigenvalue weighted by Crippen LogP contribution is 2.17. The van der Waals surface area contributed by atoms with Crippen LogP contribution in [0.2, 0.25) is 0 Å². The Labute approximate surface area is 256 Å². The molecule has 40 heavy (non-hydrogen) atoms. The van der Waals surface area contributed by atoms with Crippen LogP contribution in [0.4, 0.5) is 0 Å². The maximum atomic E-state index is 5.34. The molecule has 0 amide bonds. The molecule has 0 rings (SSSR count). The first-order valence-electron chi connectivity index (χ1n) is 19.1. The lowest BCUT2D eigenvalue weighted by atomic mass is 10.0. The maximum Gasteiger partial charge on any atom is -0.0348 e. The third-order valence-corrected chi connectivity index (χ3v) is 8.97. The van der Waals surface area contributed by atoms with Crippen LogP contribution in [-0.4, -0.2) is 0 Å². The van der Waals surface area contributed by atoms with Gasteiger partial charge in [0.2, 0.25) is 0 Å². The highest BCUT2D eigenvalue weighted by molar-refractivity contribution is 4.95. The van der Waals surface area contributed by atoms with E-state index in [-0.39, 0.29) is 0 Å². The number of rotatable bonds is 36. The van der Waals surface area contributed by atoms with Crippen LogP contribution in [-0.2, 0) is 0 Å². The van der Waals surface area contributed by atoms with Crippen molar-refractivity contribution >= 4 is 0 Å². The van der Waals surface area contributed by atoms with Crippen molar-refractivity contribution in [1.82, 2.24) is 0 Å². The third kappa shape index (κ3) is 37.5. The molecule has 0 aliphatic rings. The first-order valence-corrected chi connectivity index (χ1v) is 19.1. The summed E-state index contributed by atoms with van der Waals surface area (Å²) in [5.41, 5.74) is 0. The molecule has 0 bridgehead atoms. The fraction of sp³-hybridized carbons (Fsp3) is 0.900. The lowest BCUT2D eigenvalue weighted by Crippen LogP contribution is -1.85. The van der Waals surface area contributed by atoms with E-state index >= 15 is 0 Å². The zero-order chi connectivity index (χ0) is 28.9. The van der Waals surface area contributed by atoms with E-state index in [1.165, 1.54) is 225 Å². The Morgan fingerprint density at radius 2 is 0.500 bits per heavy atom. The molecule has 0 aromatic carbocycles. The first kappa shape index (κ1) is 39.5. The molecule has 0 aromatic rings. The maximum absolute atomic E-state index is 5.34. The molecule has 0 atom stereocenters. The summed E-state index contributed by atoms with van der Waals surface area (Å²) in [6.45, 7) is 7.65. The number of hydrogen-bond donors (Lipinski definition) is 0. The van der Waals surface area contributed by atoms with Crippen molar-refractivity contribution in [1.29, 1.82) is 0 Å². The average Bonchev–Trinajstić information content (AvgIpc) is 2.97. The minimum Gasteiger partial charge on any atom is -0.0845 e. The van der Waals surface area contributed by atoms with Crippen LogP contribution in [0, 0.1) is 6.58 Å². The van der Waals surface area contributed by atoms with Gasteiger partial charge in [-0.05, 0) is 12.8 Å². The molecule has 0 aromatic heterocycles. The molecule has 0 spiro atoms. The van der Waals surface area contributed by atoms with Crippen LogP contribution < -0.4 is 0 Å². The predicted octanol–water partition coefficient (Wildman–Crippen LogP) is 15.2. The molecule has 0 heterocycles. The first-order chi connectivity index (χ1) is 19.9. The summed E-state index contributed by atoms with van der Waals surface area (Å²) in [6, 6.07) is 0. The molecule has 0 N–H and O–H groups in total. The summed E-state index contributed by atoms with van der Waals surface area (Å²) in [7, 11) is 0. The highest BCUT2D eigenvalue weighted by Gasteiger charge is 1.97. The zero-order valence-corrected chi connectivity index (χ0v) is 28.1. The quantitative estimate of drug-likeness (QED) is 0.0530. The summed E-state index contributed by atoms with van der Waals surface area (Å²) >= 11 is 0. The second-order valence-corrected chi connectivity index (χ2v) is 13.1. The molecule has 1 radical (unpaired) electrons. The van der Waals surface area contributed by atoms with Gasteiger partial charge in [-0.3, -0.25) is 0 Å². The van der Waals surface area contributed by atoms with Gasteiger partial charge in [0.15, 0.2) is 0 Å². The zero-order valence-electron chi connectivity index (χ0n) is 28.1. The van der Waals surface area contributed by atoms with E-state index in [4.69, 9.17) is 6.58 Å². The molecule has 0 aliphatic heterocycles. The van der Waals surface area contributed by atoms with Crippen molar-refractivity contribution < 1.29 is 0 Å². The largest absolute Gasteiger partial charge is 0.0845 e. The monoisotopic (exact) mass is 558 g/mol. The SMILES string of the molecule is [CH]=C/C=C/CCCCCCCCCCCCCCCCCCCCCCCCCCCCCCCCCCCC. The molecular formula is C40H77. The van der Waals surface area contributed by atoms with Gasteiger partial charge in [0, 0.05) is 0 Å². The molecule has 0 fully saturated rings. The summed E-state index contributed by atoms with van der Waals surface area (Å²) in [5, 5.41) is 0. The van der Waals surface area contributed by atoms with Gasteiger partial charge < -0.3 is 0 Å². The summed E-state index contributed by atoms with van der Waals surface area (Å²) in [5.74, 6) is 0. The van der Waals surface area contributed by atoms with Gasteiger partial charge in [0.25, 0.3) is 0 Å². The lowest BCUT2D eigenvalue weighted by molar-refractivity contribution is 0.511.